The van der Waals surface area contributed by atoms with Crippen LogP contribution in [0.1, 0.15) is 23.6 Å². The quantitative estimate of drug-likeness (QED) is 0.885. The van der Waals surface area contributed by atoms with Gasteiger partial charge < -0.3 is 15.7 Å². The fourth-order valence-corrected chi connectivity index (χ4v) is 1.69. The second-order valence-electron chi connectivity index (χ2n) is 4.37. The highest BCUT2D eigenvalue weighted by atomic mass is 19.4. The smallest absolute Gasteiger partial charge is 0.416 e. The Kier molecular flexibility index (Phi) is 4.41. The molecule has 0 aliphatic carbocycles. The molecule has 1 aromatic rings. The van der Waals surface area contributed by atoms with Crippen LogP contribution >= 0.6 is 0 Å². The molecule has 4 nitrogen and oxygen atoms in total. The number of nitrogens with zero attached hydrogens (tertiary/aromatic N) is 1. The number of carbonyl (C=O) groups is 1. The highest BCUT2D eigenvalue weighted by Gasteiger charge is 2.35. The van der Waals surface area contributed by atoms with Crippen molar-refractivity contribution in [3.05, 3.63) is 29.3 Å². The minimum atomic E-state index is -4.56. The van der Waals surface area contributed by atoms with Crippen molar-refractivity contribution in [2.75, 3.05) is 19.0 Å². The van der Waals surface area contributed by atoms with Crippen LogP contribution in [0.4, 0.5) is 18.9 Å². The second-order valence-corrected chi connectivity index (χ2v) is 4.37. The zero-order chi connectivity index (χ0) is 14.8. The van der Waals surface area contributed by atoms with E-state index >= 15 is 0 Å². The molecule has 1 atom stereocenters. The van der Waals surface area contributed by atoms with Gasteiger partial charge in [0.1, 0.15) is 0 Å². The van der Waals surface area contributed by atoms with E-state index in [0.29, 0.717) is 5.69 Å². The number of carboxylic acid groups (broad SMARTS) is 1. The van der Waals surface area contributed by atoms with Crippen LogP contribution in [-0.2, 0) is 11.0 Å². The van der Waals surface area contributed by atoms with Crippen molar-refractivity contribution in [1.82, 2.24) is 0 Å². The van der Waals surface area contributed by atoms with Crippen molar-refractivity contribution in [3.8, 4) is 0 Å². The molecule has 19 heavy (non-hydrogen) atoms. The van der Waals surface area contributed by atoms with E-state index < -0.39 is 30.2 Å². The normalized spacial score (nSPS) is 13.2. The van der Waals surface area contributed by atoms with E-state index in [9.17, 15) is 18.0 Å². The molecule has 0 bridgehead atoms. The fraction of sp³-hybridized carbons (Fsp3) is 0.417. The van der Waals surface area contributed by atoms with Gasteiger partial charge in [0.15, 0.2) is 0 Å². The van der Waals surface area contributed by atoms with Crippen molar-refractivity contribution < 1.29 is 23.1 Å². The first-order chi connectivity index (χ1) is 8.62. The summed E-state index contributed by atoms with van der Waals surface area (Å²) in [6.45, 7) is 0. The summed E-state index contributed by atoms with van der Waals surface area (Å²) in [4.78, 5) is 12.2. The molecule has 0 saturated carbocycles. The first-order valence-corrected chi connectivity index (χ1v) is 5.48. The third-order valence-corrected chi connectivity index (χ3v) is 2.65. The Morgan fingerprint density at radius 1 is 1.42 bits per heavy atom. The number of alkyl halides is 3. The van der Waals surface area contributed by atoms with Crippen LogP contribution in [0, 0.1) is 0 Å². The monoisotopic (exact) mass is 276 g/mol. The molecule has 1 unspecified atom stereocenters. The van der Waals surface area contributed by atoms with Gasteiger partial charge in [-0.2, -0.15) is 13.2 Å². The highest BCUT2D eigenvalue weighted by molar-refractivity contribution is 5.68. The third kappa shape index (κ3) is 3.85. The SMILES string of the molecule is CN(C)c1ccc(C(F)(F)F)c(C(N)CC(=O)O)c1. The van der Waals surface area contributed by atoms with E-state index in [1.54, 1.807) is 19.0 Å². The van der Waals surface area contributed by atoms with E-state index in [2.05, 4.69) is 0 Å². The molecule has 7 heteroatoms. The number of anilines is 1. The Labute approximate surface area is 108 Å². The lowest BCUT2D eigenvalue weighted by atomic mass is 9.97. The zero-order valence-corrected chi connectivity index (χ0v) is 10.5. The number of benzene rings is 1. The number of hydrogen-bond acceptors (Lipinski definition) is 3. The van der Waals surface area contributed by atoms with E-state index in [-0.39, 0.29) is 5.56 Å². The van der Waals surface area contributed by atoms with Gasteiger partial charge in [-0.25, -0.2) is 0 Å². The molecule has 0 heterocycles. The lowest BCUT2D eigenvalue weighted by Gasteiger charge is -2.21. The van der Waals surface area contributed by atoms with E-state index in [1.165, 1.54) is 12.1 Å². The molecule has 0 radical (unpaired) electrons. The molecule has 0 aliphatic rings. The standard InChI is InChI=1S/C12H15F3N2O2/c1-17(2)7-3-4-9(12(13,14)15)8(5-7)10(16)6-11(18)19/h3-5,10H,6,16H2,1-2H3,(H,18,19). The van der Waals surface area contributed by atoms with Crippen LogP contribution in [0.3, 0.4) is 0 Å². The molecular weight excluding hydrogens is 261 g/mol. The van der Waals surface area contributed by atoms with Crippen LogP contribution in [0.2, 0.25) is 0 Å². The average Bonchev–Trinajstić information content (AvgIpc) is 2.25. The van der Waals surface area contributed by atoms with Gasteiger partial charge in [0.05, 0.1) is 12.0 Å². The van der Waals surface area contributed by atoms with Crippen molar-refractivity contribution in [1.29, 1.82) is 0 Å². The van der Waals surface area contributed by atoms with Gasteiger partial charge in [-0.05, 0) is 23.8 Å². The summed E-state index contributed by atoms with van der Waals surface area (Å²) in [7, 11) is 3.35. The number of halogens is 3. The predicted octanol–water partition coefficient (Wildman–Crippen LogP) is 2.25. The van der Waals surface area contributed by atoms with Gasteiger partial charge in [-0.1, -0.05) is 0 Å². The molecule has 1 aromatic carbocycles. The predicted molar refractivity (Wildman–Crippen MR) is 65.0 cm³/mol. The Morgan fingerprint density at radius 3 is 2.42 bits per heavy atom. The van der Waals surface area contributed by atoms with Crippen LogP contribution in [0.5, 0.6) is 0 Å². The highest BCUT2D eigenvalue weighted by Crippen LogP contribution is 2.36. The molecule has 106 valence electrons. The van der Waals surface area contributed by atoms with Crippen molar-refractivity contribution in [3.63, 3.8) is 0 Å². The lowest BCUT2D eigenvalue weighted by Crippen LogP contribution is -2.21. The minimum absolute atomic E-state index is 0.207. The molecule has 0 aromatic heterocycles. The molecule has 3 N–H and O–H groups in total. The Balaban J connectivity index is 3.29. The van der Waals surface area contributed by atoms with E-state index in [0.717, 1.165) is 6.07 Å². The maximum atomic E-state index is 12.9. The number of nitrogens with two attached hydrogens (primary N) is 1. The summed E-state index contributed by atoms with van der Waals surface area (Å²) in [5, 5.41) is 8.65. The van der Waals surface area contributed by atoms with E-state index in [1.807, 2.05) is 0 Å². The van der Waals surface area contributed by atoms with Crippen LogP contribution in [0.25, 0.3) is 0 Å². The van der Waals surface area contributed by atoms with Crippen molar-refractivity contribution in [2.24, 2.45) is 5.73 Å². The van der Waals surface area contributed by atoms with Crippen LogP contribution in [-0.4, -0.2) is 25.2 Å². The summed E-state index contributed by atoms with van der Waals surface area (Å²) < 4.78 is 38.6. The summed E-state index contributed by atoms with van der Waals surface area (Å²) in [6.07, 6.45) is -5.11. The van der Waals surface area contributed by atoms with Gasteiger partial charge in [-0.15, -0.1) is 0 Å². The average molecular weight is 276 g/mol. The Bertz CT molecular complexity index is 473. The zero-order valence-electron chi connectivity index (χ0n) is 10.5. The maximum absolute atomic E-state index is 12.9. The summed E-state index contributed by atoms with van der Waals surface area (Å²) >= 11 is 0. The van der Waals surface area contributed by atoms with Crippen LogP contribution < -0.4 is 10.6 Å². The first-order valence-electron chi connectivity index (χ1n) is 5.48. The first kappa shape index (κ1) is 15.3. The Morgan fingerprint density at radius 2 is 2.00 bits per heavy atom. The molecule has 0 amide bonds. The second kappa shape index (κ2) is 5.48. The van der Waals surface area contributed by atoms with Crippen LogP contribution in [0.15, 0.2) is 18.2 Å². The maximum Gasteiger partial charge on any atom is 0.416 e. The summed E-state index contributed by atoms with van der Waals surface area (Å²) in [6, 6.07) is 2.32. The molecule has 0 fully saturated rings. The van der Waals surface area contributed by atoms with E-state index in [4.69, 9.17) is 10.8 Å². The summed E-state index contributed by atoms with van der Waals surface area (Å²) in [5.74, 6) is -1.24. The van der Waals surface area contributed by atoms with Gasteiger partial charge in [0.2, 0.25) is 0 Å². The summed E-state index contributed by atoms with van der Waals surface area (Å²) in [5.41, 5.74) is 4.99. The third-order valence-electron chi connectivity index (χ3n) is 2.65. The fourth-order valence-electron chi connectivity index (χ4n) is 1.69. The number of aliphatic carboxylic acids is 1. The number of rotatable bonds is 4. The molecule has 0 aliphatic heterocycles. The van der Waals surface area contributed by atoms with Crippen molar-refractivity contribution >= 4 is 11.7 Å². The van der Waals surface area contributed by atoms with Gasteiger partial charge >= 0.3 is 12.1 Å². The number of hydrogen-bond donors (Lipinski definition) is 2. The molecule has 0 saturated heterocycles. The van der Waals surface area contributed by atoms with Crippen molar-refractivity contribution in [2.45, 2.75) is 18.6 Å². The number of carboxylic acids is 1. The van der Waals surface area contributed by atoms with Gasteiger partial charge in [0.25, 0.3) is 0 Å². The van der Waals surface area contributed by atoms with Gasteiger partial charge in [-0.3, -0.25) is 4.79 Å². The molecular formula is C12H15F3N2O2. The lowest BCUT2D eigenvalue weighted by molar-refractivity contribution is -0.140. The molecule has 1 rings (SSSR count). The largest absolute Gasteiger partial charge is 0.481 e. The molecule has 0 spiro atoms. The topological polar surface area (TPSA) is 66.6 Å². The van der Waals surface area contributed by atoms with Gasteiger partial charge in [0, 0.05) is 25.8 Å². The minimum Gasteiger partial charge on any atom is -0.481 e. The Hall–Kier alpha value is -1.76.